The molecule has 0 spiro atoms. The molecule has 0 aliphatic heterocycles. The highest BCUT2D eigenvalue weighted by Gasteiger charge is 2.09. The standard InChI is InChI=1S/C13H16N2O/c1-3-10(2)13(16)15-9-12-6-4-11(8-14)5-7-12/h4-7,10H,3,9H2,1-2H3,(H,15,16). The maximum absolute atomic E-state index is 11.5. The smallest absolute Gasteiger partial charge is 0.223 e. The molecule has 1 N–H and O–H groups in total. The molecule has 3 heteroatoms. The van der Waals surface area contributed by atoms with Gasteiger partial charge in [-0.15, -0.1) is 0 Å². The molecular formula is C13H16N2O. The van der Waals surface area contributed by atoms with E-state index in [-0.39, 0.29) is 11.8 Å². The van der Waals surface area contributed by atoms with Gasteiger partial charge in [0.2, 0.25) is 5.91 Å². The van der Waals surface area contributed by atoms with Gasteiger partial charge in [-0.1, -0.05) is 26.0 Å². The second-order valence-electron chi connectivity index (χ2n) is 3.84. The minimum absolute atomic E-state index is 0.0541. The van der Waals surface area contributed by atoms with Crippen LogP contribution >= 0.6 is 0 Å². The molecule has 16 heavy (non-hydrogen) atoms. The molecule has 3 nitrogen and oxygen atoms in total. The number of hydrogen-bond acceptors (Lipinski definition) is 2. The van der Waals surface area contributed by atoms with E-state index in [9.17, 15) is 4.79 Å². The van der Waals surface area contributed by atoms with Crippen LogP contribution in [0.4, 0.5) is 0 Å². The fourth-order valence-corrected chi connectivity index (χ4v) is 1.25. The fourth-order valence-electron chi connectivity index (χ4n) is 1.25. The summed E-state index contributed by atoms with van der Waals surface area (Å²) in [4.78, 5) is 11.5. The number of carbonyl (C=O) groups is 1. The van der Waals surface area contributed by atoms with Crippen molar-refractivity contribution in [2.75, 3.05) is 0 Å². The first-order valence-corrected chi connectivity index (χ1v) is 5.44. The van der Waals surface area contributed by atoms with Crippen LogP contribution in [0.15, 0.2) is 24.3 Å². The molecule has 1 unspecified atom stereocenters. The molecule has 1 aromatic rings. The zero-order chi connectivity index (χ0) is 12.0. The van der Waals surface area contributed by atoms with Crippen molar-refractivity contribution in [2.45, 2.75) is 26.8 Å². The van der Waals surface area contributed by atoms with E-state index in [1.54, 1.807) is 12.1 Å². The lowest BCUT2D eigenvalue weighted by Gasteiger charge is -2.09. The third kappa shape index (κ3) is 3.39. The van der Waals surface area contributed by atoms with E-state index in [0.717, 1.165) is 12.0 Å². The zero-order valence-corrected chi connectivity index (χ0v) is 9.66. The van der Waals surface area contributed by atoms with Gasteiger partial charge in [0.15, 0.2) is 0 Å². The van der Waals surface area contributed by atoms with Crippen molar-refractivity contribution in [1.82, 2.24) is 5.32 Å². The lowest BCUT2D eigenvalue weighted by molar-refractivity contribution is -0.124. The molecule has 84 valence electrons. The highest BCUT2D eigenvalue weighted by atomic mass is 16.1. The summed E-state index contributed by atoms with van der Waals surface area (Å²) in [6, 6.07) is 9.28. The minimum atomic E-state index is 0.0541. The van der Waals surface area contributed by atoms with Gasteiger partial charge in [0, 0.05) is 12.5 Å². The Labute approximate surface area is 96.1 Å². The number of nitrogens with zero attached hydrogens (tertiary/aromatic N) is 1. The number of benzene rings is 1. The van der Waals surface area contributed by atoms with Crippen LogP contribution in [-0.4, -0.2) is 5.91 Å². The first-order chi connectivity index (χ1) is 7.67. The highest BCUT2D eigenvalue weighted by Crippen LogP contribution is 2.04. The van der Waals surface area contributed by atoms with Crippen LogP contribution in [0.5, 0.6) is 0 Å². The Balaban J connectivity index is 2.49. The second-order valence-corrected chi connectivity index (χ2v) is 3.84. The summed E-state index contributed by atoms with van der Waals surface area (Å²) in [5.41, 5.74) is 1.65. The van der Waals surface area contributed by atoms with Gasteiger partial charge in [-0.3, -0.25) is 4.79 Å². The normalized spacial score (nSPS) is 11.6. The molecule has 0 aromatic heterocycles. The fraction of sp³-hybridized carbons (Fsp3) is 0.385. The van der Waals surface area contributed by atoms with Gasteiger partial charge < -0.3 is 5.32 Å². The summed E-state index contributed by atoms with van der Waals surface area (Å²) in [6.45, 7) is 4.43. The summed E-state index contributed by atoms with van der Waals surface area (Å²) in [6.07, 6.45) is 0.846. The molecule has 0 saturated carbocycles. The molecule has 0 saturated heterocycles. The molecule has 1 aromatic carbocycles. The molecule has 0 bridgehead atoms. The second kappa shape index (κ2) is 5.92. The van der Waals surface area contributed by atoms with E-state index in [2.05, 4.69) is 11.4 Å². The van der Waals surface area contributed by atoms with Gasteiger partial charge in [-0.25, -0.2) is 0 Å². The Bertz CT molecular complexity index is 389. The van der Waals surface area contributed by atoms with E-state index in [0.29, 0.717) is 12.1 Å². The Morgan fingerprint density at radius 1 is 1.44 bits per heavy atom. The van der Waals surface area contributed by atoms with Crippen molar-refractivity contribution in [2.24, 2.45) is 5.92 Å². The van der Waals surface area contributed by atoms with Gasteiger partial charge in [-0.2, -0.15) is 5.26 Å². The van der Waals surface area contributed by atoms with Crippen molar-refractivity contribution in [3.8, 4) is 6.07 Å². The number of nitriles is 1. The third-order valence-corrected chi connectivity index (χ3v) is 2.61. The highest BCUT2D eigenvalue weighted by molar-refractivity contribution is 5.78. The van der Waals surface area contributed by atoms with Crippen molar-refractivity contribution in [3.63, 3.8) is 0 Å². The van der Waals surface area contributed by atoms with E-state index in [4.69, 9.17) is 5.26 Å². The lowest BCUT2D eigenvalue weighted by atomic mass is 10.1. The maximum Gasteiger partial charge on any atom is 0.223 e. The Hall–Kier alpha value is -1.82. The van der Waals surface area contributed by atoms with Gasteiger partial charge in [0.05, 0.1) is 11.6 Å². The average molecular weight is 216 g/mol. The molecule has 1 amide bonds. The quantitative estimate of drug-likeness (QED) is 0.839. The first kappa shape index (κ1) is 12.3. The lowest BCUT2D eigenvalue weighted by Crippen LogP contribution is -2.28. The van der Waals surface area contributed by atoms with E-state index in [1.165, 1.54) is 0 Å². The first-order valence-electron chi connectivity index (χ1n) is 5.44. The molecule has 1 atom stereocenters. The molecule has 0 aliphatic rings. The van der Waals surface area contributed by atoms with Crippen LogP contribution in [0.2, 0.25) is 0 Å². The Morgan fingerprint density at radius 3 is 2.56 bits per heavy atom. The monoisotopic (exact) mass is 216 g/mol. The molecule has 0 radical (unpaired) electrons. The summed E-state index contributed by atoms with van der Waals surface area (Å²) in [5, 5.41) is 11.5. The predicted octanol–water partition coefficient (Wildman–Crippen LogP) is 2.22. The number of amides is 1. The molecule has 0 heterocycles. The van der Waals surface area contributed by atoms with Crippen LogP contribution in [0.25, 0.3) is 0 Å². The third-order valence-electron chi connectivity index (χ3n) is 2.61. The van der Waals surface area contributed by atoms with Crippen LogP contribution in [0.3, 0.4) is 0 Å². The van der Waals surface area contributed by atoms with Crippen LogP contribution in [0, 0.1) is 17.2 Å². The summed E-state index contributed by atoms with van der Waals surface area (Å²) in [7, 11) is 0. The largest absolute Gasteiger partial charge is 0.352 e. The van der Waals surface area contributed by atoms with Gasteiger partial charge in [0.1, 0.15) is 0 Å². The number of hydrogen-bond donors (Lipinski definition) is 1. The molecule has 1 rings (SSSR count). The van der Waals surface area contributed by atoms with Crippen molar-refractivity contribution >= 4 is 5.91 Å². The molecule has 0 aliphatic carbocycles. The van der Waals surface area contributed by atoms with Crippen molar-refractivity contribution in [1.29, 1.82) is 5.26 Å². The van der Waals surface area contributed by atoms with Gasteiger partial charge in [0.25, 0.3) is 0 Å². The Kier molecular flexibility index (Phi) is 4.53. The predicted molar refractivity (Wildman–Crippen MR) is 62.5 cm³/mol. The van der Waals surface area contributed by atoms with Gasteiger partial charge >= 0.3 is 0 Å². The Morgan fingerprint density at radius 2 is 2.06 bits per heavy atom. The average Bonchev–Trinajstić information content (AvgIpc) is 2.35. The zero-order valence-electron chi connectivity index (χ0n) is 9.66. The van der Waals surface area contributed by atoms with E-state index >= 15 is 0 Å². The van der Waals surface area contributed by atoms with Crippen molar-refractivity contribution < 1.29 is 4.79 Å². The summed E-state index contributed by atoms with van der Waals surface area (Å²) >= 11 is 0. The number of nitrogens with one attached hydrogen (secondary N) is 1. The van der Waals surface area contributed by atoms with Crippen LogP contribution in [0.1, 0.15) is 31.4 Å². The molecular weight excluding hydrogens is 200 g/mol. The minimum Gasteiger partial charge on any atom is -0.352 e. The van der Waals surface area contributed by atoms with E-state index < -0.39 is 0 Å². The summed E-state index contributed by atoms with van der Waals surface area (Å²) < 4.78 is 0. The number of rotatable bonds is 4. The summed E-state index contributed by atoms with van der Waals surface area (Å²) in [5.74, 6) is 0.130. The van der Waals surface area contributed by atoms with Gasteiger partial charge in [-0.05, 0) is 24.1 Å². The topological polar surface area (TPSA) is 52.9 Å². The van der Waals surface area contributed by atoms with E-state index in [1.807, 2.05) is 26.0 Å². The number of carbonyl (C=O) groups excluding carboxylic acids is 1. The van der Waals surface area contributed by atoms with Crippen LogP contribution in [-0.2, 0) is 11.3 Å². The molecule has 0 fully saturated rings. The van der Waals surface area contributed by atoms with Crippen LogP contribution < -0.4 is 5.32 Å². The SMILES string of the molecule is CCC(C)C(=O)NCc1ccc(C#N)cc1. The van der Waals surface area contributed by atoms with Crippen molar-refractivity contribution in [3.05, 3.63) is 35.4 Å². The maximum atomic E-state index is 11.5.